The first-order chi connectivity index (χ1) is 12.6. The van der Waals surface area contributed by atoms with Crippen LogP contribution >= 0.6 is 11.6 Å². The number of halogens is 1. The number of benzene rings is 2. The van der Waals surface area contributed by atoms with Crippen molar-refractivity contribution in [3.63, 3.8) is 0 Å². The van der Waals surface area contributed by atoms with E-state index in [0.29, 0.717) is 11.6 Å². The van der Waals surface area contributed by atoms with Gasteiger partial charge in [0.1, 0.15) is 0 Å². The van der Waals surface area contributed by atoms with Crippen molar-refractivity contribution in [1.29, 1.82) is 0 Å². The van der Waals surface area contributed by atoms with Crippen molar-refractivity contribution in [3.8, 4) is 11.1 Å². The summed E-state index contributed by atoms with van der Waals surface area (Å²) in [5, 5.41) is 17.1. The molecule has 1 amide bonds. The Kier molecular flexibility index (Phi) is 6.30. The molecule has 26 heavy (non-hydrogen) atoms. The Labute approximate surface area is 159 Å². The van der Waals surface area contributed by atoms with Crippen LogP contribution in [0.4, 0.5) is 0 Å². The monoisotopic (exact) mass is 372 g/mol. The number of rotatable bonds is 5. The van der Waals surface area contributed by atoms with Crippen LogP contribution in [0.1, 0.15) is 30.4 Å². The van der Waals surface area contributed by atoms with Crippen LogP contribution < -0.4 is 10.6 Å². The maximum absolute atomic E-state index is 11.1. The number of aliphatic hydroxyl groups is 1. The van der Waals surface area contributed by atoms with E-state index in [-0.39, 0.29) is 17.9 Å². The molecule has 0 radical (unpaired) electrons. The summed E-state index contributed by atoms with van der Waals surface area (Å²) in [4.78, 5) is 11.1. The van der Waals surface area contributed by atoms with E-state index < -0.39 is 0 Å². The minimum atomic E-state index is -0.357. The fraction of sp³-hybridized carbons (Fsp3) is 0.381. The summed E-state index contributed by atoms with van der Waals surface area (Å²) in [5.41, 5.74) is 4.33. The predicted octanol–water partition coefficient (Wildman–Crippen LogP) is 3.12. The summed E-state index contributed by atoms with van der Waals surface area (Å²) < 4.78 is 0. The lowest BCUT2D eigenvalue weighted by molar-refractivity contribution is -0.118. The molecule has 138 valence electrons. The van der Waals surface area contributed by atoms with Crippen LogP contribution in [0, 0.1) is 0 Å². The molecule has 2 atom stereocenters. The first-order valence-corrected chi connectivity index (χ1v) is 9.45. The lowest BCUT2D eigenvalue weighted by Crippen LogP contribution is -2.38. The molecule has 2 aromatic rings. The van der Waals surface area contributed by atoms with E-state index >= 15 is 0 Å². The zero-order chi connectivity index (χ0) is 18.5. The number of hydrogen-bond donors (Lipinski definition) is 3. The largest absolute Gasteiger partial charge is 0.392 e. The second-order valence-electron chi connectivity index (χ2n) is 6.79. The lowest BCUT2D eigenvalue weighted by atomic mass is 9.87. The molecule has 1 heterocycles. The molecule has 0 saturated carbocycles. The lowest BCUT2D eigenvalue weighted by Gasteiger charge is -2.29. The first kappa shape index (κ1) is 18.9. The van der Waals surface area contributed by atoms with E-state index in [4.69, 9.17) is 11.6 Å². The highest BCUT2D eigenvalue weighted by Gasteiger charge is 2.26. The van der Waals surface area contributed by atoms with E-state index in [9.17, 15) is 9.90 Å². The fourth-order valence-electron chi connectivity index (χ4n) is 3.55. The normalized spacial score (nSPS) is 20.0. The summed E-state index contributed by atoms with van der Waals surface area (Å²) in [6.45, 7) is 3.72. The van der Waals surface area contributed by atoms with Gasteiger partial charge in [-0.1, -0.05) is 48.0 Å². The van der Waals surface area contributed by atoms with Gasteiger partial charge in [-0.3, -0.25) is 4.79 Å². The molecule has 1 aliphatic heterocycles. The van der Waals surface area contributed by atoms with Crippen LogP contribution in [0.5, 0.6) is 0 Å². The summed E-state index contributed by atoms with van der Waals surface area (Å²) in [6, 6.07) is 14.2. The van der Waals surface area contributed by atoms with Gasteiger partial charge in [-0.15, -0.1) is 0 Å². The molecule has 0 unspecified atom stereocenters. The van der Waals surface area contributed by atoms with Gasteiger partial charge in [-0.05, 0) is 47.7 Å². The predicted molar refractivity (Wildman–Crippen MR) is 106 cm³/mol. The van der Waals surface area contributed by atoms with E-state index in [1.807, 2.05) is 24.3 Å². The Morgan fingerprint density at radius 1 is 1.31 bits per heavy atom. The van der Waals surface area contributed by atoms with E-state index in [0.717, 1.165) is 42.6 Å². The van der Waals surface area contributed by atoms with Gasteiger partial charge >= 0.3 is 0 Å². The molecule has 3 rings (SSSR count). The van der Waals surface area contributed by atoms with Gasteiger partial charge in [0.2, 0.25) is 5.91 Å². The highest BCUT2D eigenvalue weighted by Crippen LogP contribution is 2.34. The number of piperidine rings is 1. The van der Waals surface area contributed by atoms with Gasteiger partial charge in [0.25, 0.3) is 0 Å². The Balaban J connectivity index is 1.84. The minimum absolute atomic E-state index is 0.0190. The number of carbonyl (C=O) groups is 1. The maximum atomic E-state index is 11.1. The van der Waals surface area contributed by atoms with Crippen molar-refractivity contribution in [2.75, 3.05) is 19.6 Å². The van der Waals surface area contributed by atoms with Crippen LogP contribution in [0.2, 0.25) is 5.02 Å². The standard InChI is InChI=1S/C21H25ClN2O2/c1-14(25)24-11-8-15-4-2-3-5-17(15)16-6-7-18(20(22)12-16)19-13-23-10-9-21(19)26/h2-7,12,19,21,23,26H,8-11,13H2,1H3,(H,24,25)/t19-,21-/m1/s1. The Morgan fingerprint density at radius 3 is 2.85 bits per heavy atom. The maximum Gasteiger partial charge on any atom is 0.216 e. The van der Waals surface area contributed by atoms with Gasteiger partial charge in [-0.25, -0.2) is 0 Å². The summed E-state index contributed by atoms with van der Waals surface area (Å²) in [6.07, 6.45) is 1.15. The van der Waals surface area contributed by atoms with Crippen LogP contribution in [0.25, 0.3) is 11.1 Å². The minimum Gasteiger partial charge on any atom is -0.392 e. The third kappa shape index (κ3) is 4.44. The van der Waals surface area contributed by atoms with Crippen LogP contribution in [0.15, 0.2) is 42.5 Å². The van der Waals surface area contributed by atoms with Crippen molar-refractivity contribution in [2.45, 2.75) is 31.8 Å². The van der Waals surface area contributed by atoms with Gasteiger partial charge < -0.3 is 15.7 Å². The third-order valence-corrected chi connectivity index (χ3v) is 5.27. The topological polar surface area (TPSA) is 61.4 Å². The highest BCUT2D eigenvalue weighted by atomic mass is 35.5. The zero-order valence-electron chi connectivity index (χ0n) is 15.0. The smallest absolute Gasteiger partial charge is 0.216 e. The highest BCUT2D eigenvalue weighted by molar-refractivity contribution is 6.31. The van der Waals surface area contributed by atoms with Crippen molar-refractivity contribution in [2.24, 2.45) is 0 Å². The number of aliphatic hydroxyl groups excluding tert-OH is 1. The summed E-state index contributed by atoms with van der Waals surface area (Å²) in [5.74, 6) is 0.00911. The van der Waals surface area contributed by atoms with Gasteiger partial charge in [0, 0.05) is 31.0 Å². The van der Waals surface area contributed by atoms with Crippen LogP contribution in [0.3, 0.4) is 0 Å². The second kappa shape index (κ2) is 8.67. The molecule has 0 aromatic heterocycles. The third-order valence-electron chi connectivity index (χ3n) is 4.94. The molecular weight excluding hydrogens is 348 g/mol. The molecule has 2 aromatic carbocycles. The average Bonchev–Trinajstić information content (AvgIpc) is 2.62. The van der Waals surface area contributed by atoms with Gasteiger partial charge in [0.05, 0.1) is 6.10 Å². The number of nitrogens with one attached hydrogen (secondary N) is 2. The van der Waals surface area contributed by atoms with Crippen molar-refractivity contribution < 1.29 is 9.90 Å². The first-order valence-electron chi connectivity index (χ1n) is 9.07. The molecule has 1 saturated heterocycles. The van der Waals surface area contributed by atoms with E-state index in [1.165, 1.54) is 12.5 Å². The SMILES string of the molecule is CC(=O)NCCc1ccccc1-c1ccc([C@H]2CNCC[C@H]2O)c(Cl)c1. The number of hydrogen-bond acceptors (Lipinski definition) is 3. The molecule has 3 N–H and O–H groups in total. The summed E-state index contributed by atoms with van der Waals surface area (Å²) >= 11 is 6.58. The van der Waals surface area contributed by atoms with Crippen molar-refractivity contribution >= 4 is 17.5 Å². The van der Waals surface area contributed by atoms with E-state index in [2.05, 4.69) is 28.8 Å². The second-order valence-corrected chi connectivity index (χ2v) is 7.20. The van der Waals surface area contributed by atoms with Gasteiger partial charge in [0.15, 0.2) is 0 Å². The fourth-order valence-corrected chi connectivity index (χ4v) is 3.87. The van der Waals surface area contributed by atoms with Crippen molar-refractivity contribution in [1.82, 2.24) is 10.6 Å². The summed E-state index contributed by atoms with van der Waals surface area (Å²) in [7, 11) is 0. The molecule has 4 nitrogen and oxygen atoms in total. The van der Waals surface area contributed by atoms with Crippen LogP contribution in [-0.2, 0) is 11.2 Å². The zero-order valence-corrected chi connectivity index (χ0v) is 15.7. The molecule has 0 aliphatic carbocycles. The van der Waals surface area contributed by atoms with Crippen molar-refractivity contribution in [3.05, 3.63) is 58.6 Å². The molecule has 0 spiro atoms. The number of amides is 1. The van der Waals surface area contributed by atoms with E-state index in [1.54, 1.807) is 0 Å². The quantitative estimate of drug-likeness (QED) is 0.755. The Bertz CT molecular complexity index is 778. The number of carbonyl (C=O) groups excluding carboxylic acids is 1. The molecule has 0 bridgehead atoms. The van der Waals surface area contributed by atoms with Crippen LogP contribution in [-0.4, -0.2) is 36.8 Å². The van der Waals surface area contributed by atoms with Gasteiger partial charge in [-0.2, -0.15) is 0 Å². The molecule has 5 heteroatoms. The Hall–Kier alpha value is -1.88. The Morgan fingerprint density at radius 2 is 2.12 bits per heavy atom. The average molecular weight is 373 g/mol. The molecule has 1 aliphatic rings. The molecule has 1 fully saturated rings. The molecular formula is C21H25ClN2O2.